The standard InChI is InChI=1S/C17H19NO3/c19-17(20)15-6-7-16(21-15)18-10-8-14(9-11-18)12-13-4-2-1-3-5-13/h1-7,14H,8-12H2,(H,19,20). The van der Waals surface area contributed by atoms with Gasteiger partial charge in [0.05, 0.1) is 0 Å². The summed E-state index contributed by atoms with van der Waals surface area (Å²) < 4.78 is 5.36. The number of furan rings is 1. The molecular weight excluding hydrogens is 266 g/mol. The number of rotatable bonds is 4. The number of hydrogen-bond donors (Lipinski definition) is 1. The molecule has 0 aliphatic carbocycles. The van der Waals surface area contributed by atoms with Crippen LogP contribution in [-0.2, 0) is 6.42 Å². The normalized spacial score (nSPS) is 16.1. The van der Waals surface area contributed by atoms with Gasteiger partial charge in [0.15, 0.2) is 5.88 Å². The van der Waals surface area contributed by atoms with E-state index in [0.29, 0.717) is 11.8 Å². The Labute approximate surface area is 124 Å². The highest BCUT2D eigenvalue weighted by molar-refractivity contribution is 5.84. The summed E-state index contributed by atoms with van der Waals surface area (Å²) in [7, 11) is 0. The largest absolute Gasteiger partial charge is 0.475 e. The molecule has 4 nitrogen and oxygen atoms in total. The molecule has 0 radical (unpaired) electrons. The van der Waals surface area contributed by atoms with Gasteiger partial charge in [0.2, 0.25) is 5.76 Å². The van der Waals surface area contributed by atoms with Crippen molar-refractivity contribution in [3.05, 3.63) is 53.8 Å². The molecule has 0 atom stereocenters. The molecule has 110 valence electrons. The number of carboxylic acids is 1. The highest BCUT2D eigenvalue weighted by Gasteiger charge is 2.22. The van der Waals surface area contributed by atoms with E-state index in [0.717, 1.165) is 32.4 Å². The first-order chi connectivity index (χ1) is 10.2. The molecule has 2 aromatic rings. The Morgan fingerprint density at radius 1 is 1.14 bits per heavy atom. The van der Waals surface area contributed by atoms with Crippen molar-refractivity contribution in [3.8, 4) is 0 Å². The zero-order chi connectivity index (χ0) is 14.7. The van der Waals surface area contributed by atoms with Gasteiger partial charge in [0.1, 0.15) is 0 Å². The molecule has 21 heavy (non-hydrogen) atoms. The zero-order valence-corrected chi connectivity index (χ0v) is 11.9. The minimum Gasteiger partial charge on any atom is -0.475 e. The summed E-state index contributed by atoms with van der Waals surface area (Å²) in [5.74, 6) is 0.361. The van der Waals surface area contributed by atoms with Gasteiger partial charge < -0.3 is 14.4 Å². The van der Waals surface area contributed by atoms with Gasteiger partial charge in [0, 0.05) is 19.2 Å². The summed E-state index contributed by atoms with van der Waals surface area (Å²) >= 11 is 0. The molecule has 2 heterocycles. The van der Waals surface area contributed by atoms with Crippen molar-refractivity contribution in [2.24, 2.45) is 5.92 Å². The molecule has 1 aliphatic heterocycles. The number of nitrogens with zero attached hydrogens (tertiary/aromatic N) is 1. The van der Waals surface area contributed by atoms with Crippen molar-refractivity contribution >= 4 is 11.9 Å². The molecule has 1 aromatic carbocycles. The highest BCUT2D eigenvalue weighted by Crippen LogP contribution is 2.27. The van der Waals surface area contributed by atoms with E-state index in [1.54, 1.807) is 6.07 Å². The van der Waals surface area contributed by atoms with Crippen LogP contribution in [0.4, 0.5) is 5.88 Å². The lowest BCUT2D eigenvalue weighted by Crippen LogP contribution is -2.34. The van der Waals surface area contributed by atoms with Gasteiger partial charge in [-0.2, -0.15) is 0 Å². The number of hydrogen-bond acceptors (Lipinski definition) is 3. The van der Waals surface area contributed by atoms with Crippen LogP contribution < -0.4 is 4.90 Å². The predicted octanol–water partition coefficient (Wildman–Crippen LogP) is 3.44. The molecule has 1 N–H and O–H groups in total. The molecular formula is C17H19NO3. The second-order valence-electron chi connectivity index (χ2n) is 5.56. The van der Waals surface area contributed by atoms with Gasteiger partial charge in [0.25, 0.3) is 0 Å². The molecule has 4 heteroatoms. The van der Waals surface area contributed by atoms with E-state index in [-0.39, 0.29) is 5.76 Å². The van der Waals surface area contributed by atoms with Crippen molar-refractivity contribution in [2.45, 2.75) is 19.3 Å². The summed E-state index contributed by atoms with van der Waals surface area (Å²) in [6.45, 7) is 1.84. The van der Waals surface area contributed by atoms with Crippen molar-refractivity contribution in [3.63, 3.8) is 0 Å². The van der Waals surface area contributed by atoms with Crippen LogP contribution in [0.1, 0.15) is 29.0 Å². The molecule has 1 aliphatic rings. The molecule has 0 unspecified atom stereocenters. The van der Waals surface area contributed by atoms with Gasteiger partial charge in [-0.05, 0) is 36.8 Å². The maximum absolute atomic E-state index is 10.8. The Morgan fingerprint density at radius 3 is 2.48 bits per heavy atom. The van der Waals surface area contributed by atoms with Crippen LogP contribution in [0.2, 0.25) is 0 Å². The third-order valence-electron chi connectivity index (χ3n) is 4.10. The lowest BCUT2D eigenvalue weighted by molar-refractivity contribution is 0.0663. The van der Waals surface area contributed by atoms with Gasteiger partial charge in [-0.3, -0.25) is 0 Å². The highest BCUT2D eigenvalue weighted by atomic mass is 16.4. The minimum absolute atomic E-state index is 0.0106. The van der Waals surface area contributed by atoms with Crippen molar-refractivity contribution in [2.75, 3.05) is 18.0 Å². The first-order valence-electron chi connectivity index (χ1n) is 7.34. The molecule has 3 rings (SSSR count). The second kappa shape index (κ2) is 6.04. The number of aromatic carboxylic acids is 1. The van der Waals surface area contributed by atoms with E-state index in [2.05, 4.69) is 29.2 Å². The van der Waals surface area contributed by atoms with Gasteiger partial charge in [-0.25, -0.2) is 4.79 Å². The van der Waals surface area contributed by atoms with E-state index in [9.17, 15) is 4.79 Å². The molecule has 0 spiro atoms. The van der Waals surface area contributed by atoms with Crippen LogP contribution in [0, 0.1) is 5.92 Å². The van der Waals surface area contributed by atoms with E-state index in [4.69, 9.17) is 9.52 Å². The van der Waals surface area contributed by atoms with Crippen LogP contribution in [0.15, 0.2) is 46.9 Å². The summed E-state index contributed by atoms with van der Waals surface area (Å²) in [4.78, 5) is 13.0. The van der Waals surface area contributed by atoms with Crippen LogP contribution in [-0.4, -0.2) is 24.2 Å². The summed E-state index contributed by atoms with van der Waals surface area (Å²) in [5, 5.41) is 8.89. The number of benzene rings is 1. The van der Waals surface area contributed by atoms with Crippen LogP contribution >= 0.6 is 0 Å². The Kier molecular flexibility index (Phi) is 3.95. The maximum atomic E-state index is 10.8. The lowest BCUT2D eigenvalue weighted by atomic mass is 9.90. The molecule has 1 saturated heterocycles. The first kappa shape index (κ1) is 13.7. The molecule has 0 saturated carbocycles. The van der Waals surface area contributed by atoms with Crippen molar-refractivity contribution in [1.29, 1.82) is 0 Å². The van der Waals surface area contributed by atoms with Crippen LogP contribution in [0.3, 0.4) is 0 Å². The van der Waals surface area contributed by atoms with Gasteiger partial charge in [-0.1, -0.05) is 30.3 Å². The third kappa shape index (κ3) is 3.27. The quantitative estimate of drug-likeness (QED) is 0.935. The van der Waals surface area contributed by atoms with E-state index >= 15 is 0 Å². The Balaban J connectivity index is 1.56. The monoisotopic (exact) mass is 285 g/mol. The topological polar surface area (TPSA) is 53.7 Å². The molecule has 1 aromatic heterocycles. The second-order valence-corrected chi connectivity index (χ2v) is 5.56. The fourth-order valence-corrected chi connectivity index (χ4v) is 2.92. The average molecular weight is 285 g/mol. The number of carbonyl (C=O) groups is 1. The van der Waals surface area contributed by atoms with Crippen LogP contribution in [0.25, 0.3) is 0 Å². The third-order valence-corrected chi connectivity index (χ3v) is 4.10. The fraction of sp³-hybridized carbons (Fsp3) is 0.353. The smallest absolute Gasteiger partial charge is 0.371 e. The van der Waals surface area contributed by atoms with Crippen LogP contribution in [0.5, 0.6) is 0 Å². The van der Waals surface area contributed by atoms with Crippen molar-refractivity contribution in [1.82, 2.24) is 0 Å². The number of carboxylic acid groups (broad SMARTS) is 1. The fourth-order valence-electron chi connectivity index (χ4n) is 2.92. The molecule has 0 bridgehead atoms. The van der Waals surface area contributed by atoms with Gasteiger partial charge >= 0.3 is 5.97 Å². The first-order valence-corrected chi connectivity index (χ1v) is 7.34. The maximum Gasteiger partial charge on any atom is 0.371 e. The Morgan fingerprint density at radius 2 is 1.86 bits per heavy atom. The van der Waals surface area contributed by atoms with E-state index in [1.165, 1.54) is 11.6 Å². The lowest BCUT2D eigenvalue weighted by Gasteiger charge is -2.31. The Hall–Kier alpha value is -2.23. The SMILES string of the molecule is O=C(O)c1ccc(N2CCC(Cc3ccccc3)CC2)o1. The number of anilines is 1. The molecule has 1 fully saturated rings. The Bertz CT molecular complexity index is 598. The summed E-state index contributed by atoms with van der Waals surface area (Å²) in [6, 6.07) is 13.8. The summed E-state index contributed by atoms with van der Waals surface area (Å²) in [5.41, 5.74) is 1.39. The van der Waals surface area contributed by atoms with Crippen molar-refractivity contribution < 1.29 is 14.3 Å². The average Bonchev–Trinajstić information content (AvgIpc) is 2.99. The van der Waals surface area contributed by atoms with Gasteiger partial charge in [-0.15, -0.1) is 0 Å². The minimum atomic E-state index is -1.01. The van der Waals surface area contributed by atoms with E-state index in [1.807, 2.05) is 6.07 Å². The number of piperidine rings is 1. The van der Waals surface area contributed by atoms with E-state index < -0.39 is 5.97 Å². The summed E-state index contributed by atoms with van der Waals surface area (Å²) in [6.07, 6.45) is 3.34. The molecule has 0 amide bonds. The zero-order valence-electron chi connectivity index (χ0n) is 11.9. The predicted molar refractivity (Wildman–Crippen MR) is 80.8 cm³/mol.